The molecule has 9 heteroatoms. The second kappa shape index (κ2) is 9.05. The third-order valence-electron chi connectivity index (χ3n) is 3.16. The Kier molecular flexibility index (Phi) is 7.07. The Morgan fingerprint density at radius 1 is 1.42 bits per heavy atom. The Balaban J connectivity index is 0.000000249. The van der Waals surface area contributed by atoms with Gasteiger partial charge in [0.15, 0.2) is 0 Å². The summed E-state index contributed by atoms with van der Waals surface area (Å²) in [6, 6.07) is 4.69. The van der Waals surface area contributed by atoms with Gasteiger partial charge < -0.3 is 15.0 Å². The highest BCUT2D eigenvalue weighted by Crippen LogP contribution is 2.29. The average molecular weight is 417 g/mol. The molecule has 2 heterocycles. The molecule has 1 aromatic carbocycles. The first kappa shape index (κ1) is 18.8. The van der Waals surface area contributed by atoms with Crippen LogP contribution < -0.4 is 10.2 Å². The summed E-state index contributed by atoms with van der Waals surface area (Å²) >= 11 is 7.08. The zero-order valence-electron chi connectivity index (χ0n) is 13.1. The van der Waals surface area contributed by atoms with Crippen LogP contribution in [0.3, 0.4) is 0 Å². The molecule has 1 aliphatic heterocycles. The van der Waals surface area contributed by atoms with Crippen molar-refractivity contribution >= 4 is 46.0 Å². The molecular weight excluding hydrogens is 399 g/mol. The van der Waals surface area contributed by atoms with Crippen molar-refractivity contribution in [2.45, 2.75) is 6.92 Å². The number of aromatic nitrogens is 2. The van der Waals surface area contributed by atoms with Gasteiger partial charge in [0.25, 0.3) is 0 Å². The first-order valence-electron chi connectivity index (χ1n) is 7.25. The number of hydrogen-bond acceptors (Lipinski definition) is 5. The Labute approximate surface area is 153 Å². The number of anilines is 2. The zero-order valence-corrected chi connectivity index (χ0v) is 15.6. The van der Waals surface area contributed by atoms with Crippen molar-refractivity contribution in [2.24, 2.45) is 0 Å². The Bertz CT molecular complexity index is 675. The smallest absolute Gasteiger partial charge is 0.221 e. The van der Waals surface area contributed by atoms with Gasteiger partial charge in [0, 0.05) is 26.2 Å². The first-order chi connectivity index (χ1) is 11.5. The van der Waals surface area contributed by atoms with Gasteiger partial charge in [0.1, 0.15) is 16.7 Å². The highest BCUT2D eigenvalue weighted by atomic mass is 79.9. The van der Waals surface area contributed by atoms with Crippen LogP contribution in [-0.2, 0) is 9.53 Å². The summed E-state index contributed by atoms with van der Waals surface area (Å²) < 4.78 is 21.5. The number of para-hydroxylation sites is 1. The largest absolute Gasteiger partial charge is 0.378 e. The number of morpholine rings is 1. The lowest BCUT2D eigenvalue weighted by molar-refractivity contribution is -0.114. The molecule has 0 bridgehead atoms. The van der Waals surface area contributed by atoms with E-state index in [9.17, 15) is 9.18 Å². The number of thiol groups is 1. The molecule has 6 nitrogen and oxygen atoms in total. The minimum Gasteiger partial charge on any atom is -0.378 e. The number of ether oxygens (including phenoxy) is 1. The number of carbonyl (C=O) groups is 1. The van der Waals surface area contributed by atoms with Crippen LogP contribution >= 0.6 is 28.7 Å². The maximum atomic E-state index is 13.9. The van der Waals surface area contributed by atoms with Gasteiger partial charge in [-0.1, -0.05) is 18.9 Å². The number of imidazole rings is 1. The van der Waals surface area contributed by atoms with Crippen LogP contribution in [0.1, 0.15) is 6.92 Å². The van der Waals surface area contributed by atoms with E-state index in [1.54, 1.807) is 28.6 Å². The van der Waals surface area contributed by atoms with Gasteiger partial charge >= 0.3 is 0 Å². The summed E-state index contributed by atoms with van der Waals surface area (Å²) in [5.41, 5.74) is 0.963. The molecule has 0 spiro atoms. The summed E-state index contributed by atoms with van der Waals surface area (Å²) in [6.45, 7) is 3.83. The number of rotatable bonds is 2. The third kappa shape index (κ3) is 5.50. The standard InChI is InChI=1S/C12H15FN2O2.C3H3BrN2S/c1-9(16)14-11-4-2-3-10(13)12(11)15-5-7-17-8-6-15;4-3-1-6(7)2-5-3/h2-4H,5-8H2,1H3,(H,14,16);1-2,7H. The summed E-state index contributed by atoms with van der Waals surface area (Å²) in [4.78, 5) is 16.8. The van der Waals surface area contributed by atoms with E-state index in [1.165, 1.54) is 13.0 Å². The zero-order chi connectivity index (χ0) is 17.5. The van der Waals surface area contributed by atoms with Crippen LogP contribution in [0.25, 0.3) is 0 Å². The summed E-state index contributed by atoms with van der Waals surface area (Å²) in [5, 5.41) is 2.65. The fraction of sp³-hybridized carbons (Fsp3) is 0.333. The molecule has 2 aromatic rings. The molecule has 0 aliphatic carbocycles. The van der Waals surface area contributed by atoms with Crippen molar-refractivity contribution in [3.63, 3.8) is 0 Å². The molecule has 1 amide bonds. The topological polar surface area (TPSA) is 59.4 Å². The van der Waals surface area contributed by atoms with Gasteiger partial charge in [-0.05, 0) is 28.1 Å². The lowest BCUT2D eigenvalue weighted by Crippen LogP contribution is -2.37. The molecule has 1 saturated heterocycles. The van der Waals surface area contributed by atoms with Crippen LogP contribution in [0.2, 0.25) is 0 Å². The van der Waals surface area contributed by atoms with E-state index < -0.39 is 0 Å². The van der Waals surface area contributed by atoms with Crippen molar-refractivity contribution in [1.82, 2.24) is 8.96 Å². The predicted molar refractivity (Wildman–Crippen MR) is 98.0 cm³/mol. The molecule has 3 rings (SSSR count). The number of hydrogen-bond donors (Lipinski definition) is 2. The van der Waals surface area contributed by atoms with Gasteiger partial charge in [0.2, 0.25) is 5.91 Å². The highest BCUT2D eigenvalue weighted by Gasteiger charge is 2.19. The fourth-order valence-corrected chi connectivity index (χ4v) is 2.84. The molecule has 24 heavy (non-hydrogen) atoms. The number of halogens is 2. The molecule has 130 valence electrons. The van der Waals surface area contributed by atoms with Crippen LogP contribution in [-0.4, -0.2) is 41.2 Å². The van der Waals surface area contributed by atoms with E-state index in [0.29, 0.717) is 37.7 Å². The number of carbonyl (C=O) groups excluding carboxylic acids is 1. The molecule has 1 fully saturated rings. The Morgan fingerprint density at radius 3 is 2.62 bits per heavy atom. The summed E-state index contributed by atoms with van der Waals surface area (Å²) in [7, 11) is 0. The Hall–Kier alpha value is -1.58. The second-order valence-electron chi connectivity index (χ2n) is 4.99. The van der Waals surface area contributed by atoms with Gasteiger partial charge in [-0.2, -0.15) is 0 Å². The molecule has 1 aromatic heterocycles. The van der Waals surface area contributed by atoms with E-state index in [1.807, 2.05) is 4.90 Å². The van der Waals surface area contributed by atoms with Crippen molar-refractivity contribution in [3.05, 3.63) is 41.1 Å². The van der Waals surface area contributed by atoms with Crippen LogP contribution in [0, 0.1) is 5.82 Å². The van der Waals surface area contributed by atoms with E-state index in [-0.39, 0.29) is 11.7 Å². The lowest BCUT2D eigenvalue weighted by atomic mass is 10.2. The van der Waals surface area contributed by atoms with Crippen molar-refractivity contribution in [1.29, 1.82) is 0 Å². The maximum Gasteiger partial charge on any atom is 0.221 e. The highest BCUT2D eigenvalue weighted by molar-refractivity contribution is 9.10. The van der Waals surface area contributed by atoms with Gasteiger partial charge in [-0.15, -0.1) is 0 Å². The minimum absolute atomic E-state index is 0.204. The molecule has 0 saturated carbocycles. The summed E-state index contributed by atoms with van der Waals surface area (Å²) in [5.74, 6) is -0.525. The van der Waals surface area contributed by atoms with Gasteiger partial charge in [-0.3, -0.25) is 8.77 Å². The molecule has 0 unspecified atom stereocenters. The van der Waals surface area contributed by atoms with Crippen molar-refractivity contribution in [3.8, 4) is 0 Å². The molecule has 0 atom stereocenters. The first-order valence-corrected chi connectivity index (χ1v) is 8.44. The molecule has 1 aliphatic rings. The molecule has 0 radical (unpaired) electrons. The SMILES string of the molecule is CC(=O)Nc1cccc(F)c1N1CCOCC1.Sn1cnc(Br)c1. The normalized spacial score (nSPS) is 13.9. The maximum absolute atomic E-state index is 13.9. The lowest BCUT2D eigenvalue weighted by Gasteiger charge is -2.30. The fourth-order valence-electron chi connectivity index (χ4n) is 2.20. The number of amides is 1. The third-order valence-corrected chi connectivity index (χ3v) is 3.79. The Morgan fingerprint density at radius 2 is 2.12 bits per heavy atom. The number of benzene rings is 1. The van der Waals surface area contributed by atoms with Crippen LogP contribution in [0.15, 0.2) is 35.3 Å². The number of nitrogens with one attached hydrogen (secondary N) is 1. The molecule has 1 N–H and O–H groups in total. The average Bonchev–Trinajstić information content (AvgIpc) is 2.91. The minimum atomic E-state index is -0.321. The predicted octanol–water partition coefficient (Wildman–Crippen LogP) is 2.96. The second-order valence-corrected chi connectivity index (χ2v) is 6.27. The van der Waals surface area contributed by atoms with E-state index in [4.69, 9.17) is 4.74 Å². The van der Waals surface area contributed by atoms with E-state index in [0.717, 1.165) is 4.60 Å². The monoisotopic (exact) mass is 416 g/mol. The molecular formula is C15H18BrFN4O2S. The van der Waals surface area contributed by atoms with Gasteiger partial charge in [-0.25, -0.2) is 9.37 Å². The van der Waals surface area contributed by atoms with Crippen molar-refractivity contribution in [2.75, 3.05) is 36.5 Å². The van der Waals surface area contributed by atoms with Crippen LogP contribution in [0.5, 0.6) is 0 Å². The number of nitrogens with zero attached hydrogens (tertiary/aromatic N) is 3. The quantitative estimate of drug-likeness (QED) is 0.738. The van der Waals surface area contributed by atoms with E-state index in [2.05, 4.69) is 39.0 Å². The summed E-state index contributed by atoms with van der Waals surface area (Å²) in [6.07, 6.45) is 3.36. The van der Waals surface area contributed by atoms with Crippen molar-refractivity contribution < 1.29 is 13.9 Å². The van der Waals surface area contributed by atoms with E-state index >= 15 is 0 Å². The van der Waals surface area contributed by atoms with Crippen LogP contribution in [0.4, 0.5) is 15.8 Å². The van der Waals surface area contributed by atoms with Gasteiger partial charge in [0.05, 0.1) is 24.6 Å².